The zero-order valence-corrected chi connectivity index (χ0v) is 19.3. The van der Waals surface area contributed by atoms with E-state index in [0.29, 0.717) is 0 Å². The van der Waals surface area contributed by atoms with Crippen molar-refractivity contribution >= 4 is 22.5 Å². The molecule has 0 bridgehead atoms. The highest BCUT2D eigenvalue weighted by molar-refractivity contribution is 6.04. The van der Waals surface area contributed by atoms with Gasteiger partial charge in [-0.25, -0.2) is 0 Å². The molecule has 0 N–H and O–H groups in total. The van der Waals surface area contributed by atoms with Gasteiger partial charge >= 0.3 is 0 Å². The van der Waals surface area contributed by atoms with Crippen LogP contribution in [0.15, 0.2) is 109 Å². The Labute approximate surface area is 192 Å². The highest BCUT2D eigenvalue weighted by Gasteiger charge is 2.16. The molecular weight excluding hydrogens is 388 g/mol. The van der Waals surface area contributed by atoms with Crippen LogP contribution in [-0.2, 0) is 0 Å². The summed E-state index contributed by atoms with van der Waals surface area (Å²) in [6, 6.07) is 39.1. The molecule has 0 aliphatic carbocycles. The lowest BCUT2D eigenvalue weighted by Gasteiger charge is -2.20. The third kappa shape index (κ3) is 4.60. The summed E-state index contributed by atoms with van der Waals surface area (Å²) in [5, 5.41) is 0. The zero-order valence-electron chi connectivity index (χ0n) is 19.3. The Kier molecular flexibility index (Phi) is 6.42. The topological polar surface area (TPSA) is 6.48 Å². The number of anilines is 2. The zero-order chi connectivity index (χ0) is 22.5. The lowest BCUT2D eigenvalue weighted by molar-refractivity contribution is 1.13. The molecule has 0 heterocycles. The quantitative estimate of drug-likeness (QED) is 0.317. The molecule has 0 fully saturated rings. The second kappa shape index (κ2) is 9.57. The molecule has 4 aromatic carbocycles. The van der Waals surface area contributed by atoms with E-state index in [4.69, 9.17) is 0 Å². The van der Waals surface area contributed by atoms with Crippen LogP contribution in [0.3, 0.4) is 0 Å². The number of nitrogens with zero attached hydrogens (tertiary/aromatic N) is 2. The lowest BCUT2D eigenvalue weighted by Crippen LogP contribution is -2.09. The largest absolute Gasteiger partial charge is 0.378 e. The third-order valence-electron chi connectivity index (χ3n) is 5.72. The smallest absolute Gasteiger partial charge is 0.0361 e. The van der Waals surface area contributed by atoms with E-state index >= 15 is 0 Å². The van der Waals surface area contributed by atoms with Crippen LogP contribution in [-0.4, -0.2) is 28.2 Å². The maximum absolute atomic E-state index is 2.23. The van der Waals surface area contributed by atoms with Gasteiger partial charge in [0.1, 0.15) is 0 Å². The minimum atomic E-state index is 1.19. The van der Waals surface area contributed by atoms with Crippen molar-refractivity contribution < 1.29 is 0 Å². The van der Waals surface area contributed by atoms with Crippen LogP contribution in [0.25, 0.3) is 11.1 Å². The number of hydrogen-bond acceptors (Lipinski definition) is 2. The van der Waals surface area contributed by atoms with Crippen LogP contribution >= 0.6 is 0 Å². The van der Waals surface area contributed by atoms with Crippen molar-refractivity contribution in [1.82, 2.24) is 0 Å². The van der Waals surface area contributed by atoms with Crippen molar-refractivity contribution in [2.45, 2.75) is 0 Å². The molecule has 0 unspecified atom stereocenters. The minimum Gasteiger partial charge on any atom is -0.378 e. The van der Waals surface area contributed by atoms with E-state index in [9.17, 15) is 0 Å². The third-order valence-corrected chi connectivity index (χ3v) is 5.72. The molecule has 0 aliphatic heterocycles. The Morgan fingerprint density at radius 2 is 0.656 bits per heavy atom. The Morgan fingerprint density at radius 3 is 0.938 bits per heavy atom. The number of rotatable bonds is 6. The van der Waals surface area contributed by atoms with Gasteiger partial charge in [0.2, 0.25) is 0 Å². The van der Waals surface area contributed by atoms with Gasteiger partial charge in [-0.1, -0.05) is 84.9 Å². The molecule has 0 radical (unpaired) electrons. The van der Waals surface area contributed by atoms with Gasteiger partial charge in [-0.05, 0) is 57.7 Å². The second-order valence-corrected chi connectivity index (χ2v) is 8.36. The van der Waals surface area contributed by atoms with Gasteiger partial charge in [-0.3, -0.25) is 0 Å². The molecule has 2 heteroatoms. The van der Waals surface area contributed by atoms with Crippen LogP contribution in [0, 0.1) is 0 Å². The average Bonchev–Trinajstić information content (AvgIpc) is 2.84. The van der Waals surface area contributed by atoms with E-state index in [0.717, 1.165) is 0 Å². The fourth-order valence-corrected chi connectivity index (χ4v) is 3.97. The molecule has 0 saturated carbocycles. The van der Waals surface area contributed by atoms with E-state index < -0.39 is 0 Å². The van der Waals surface area contributed by atoms with Crippen molar-refractivity contribution in [1.29, 1.82) is 0 Å². The van der Waals surface area contributed by atoms with E-state index in [1.54, 1.807) is 0 Å². The Hall–Kier alpha value is -3.78. The predicted octanol–water partition coefficient (Wildman–Crippen LogP) is 6.83. The summed E-state index contributed by atoms with van der Waals surface area (Å²) >= 11 is 0. The minimum absolute atomic E-state index is 1.19. The summed E-state index contributed by atoms with van der Waals surface area (Å²) in [5.74, 6) is 0. The Bertz CT molecular complexity index is 1080. The van der Waals surface area contributed by atoms with Crippen molar-refractivity contribution in [3.05, 3.63) is 131 Å². The van der Waals surface area contributed by atoms with Gasteiger partial charge in [0.05, 0.1) is 0 Å². The fourth-order valence-electron chi connectivity index (χ4n) is 3.97. The van der Waals surface area contributed by atoms with E-state index in [1.807, 2.05) is 0 Å². The van der Waals surface area contributed by atoms with Gasteiger partial charge in [-0.15, -0.1) is 0 Å². The molecule has 160 valence electrons. The molecule has 0 amide bonds. The molecule has 32 heavy (non-hydrogen) atoms. The summed E-state index contributed by atoms with van der Waals surface area (Å²) in [7, 11) is 8.30. The molecule has 0 spiro atoms. The highest BCUT2D eigenvalue weighted by Crippen LogP contribution is 2.37. The van der Waals surface area contributed by atoms with Crippen LogP contribution in [0.4, 0.5) is 11.4 Å². The Balaban J connectivity index is 2.02. The lowest BCUT2D eigenvalue weighted by atomic mass is 9.85. The first-order valence-electron chi connectivity index (χ1n) is 11.0. The monoisotopic (exact) mass is 418 g/mol. The van der Waals surface area contributed by atoms with Crippen LogP contribution in [0.1, 0.15) is 22.3 Å². The first kappa shape index (κ1) is 21.5. The van der Waals surface area contributed by atoms with Crippen LogP contribution in [0.5, 0.6) is 0 Å². The first-order chi connectivity index (χ1) is 15.5. The predicted molar refractivity (Wildman–Crippen MR) is 139 cm³/mol. The van der Waals surface area contributed by atoms with Gasteiger partial charge in [0, 0.05) is 39.6 Å². The molecule has 0 aromatic heterocycles. The van der Waals surface area contributed by atoms with Crippen molar-refractivity contribution in [3.63, 3.8) is 0 Å². The summed E-state index contributed by atoms with van der Waals surface area (Å²) in [4.78, 5) is 4.27. The SMILES string of the molecule is CN(C)c1ccc(C(=C(c2ccccc2)c2ccccc2)c2ccc(N(C)C)cc2)cc1. The van der Waals surface area contributed by atoms with E-state index in [-0.39, 0.29) is 0 Å². The summed E-state index contributed by atoms with van der Waals surface area (Å²) in [6.45, 7) is 0. The van der Waals surface area contributed by atoms with Gasteiger partial charge in [-0.2, -0.15) is 0 Å². The molecule has 0 saturated heterocycles. The molecule has 0 atom stereocenters. The van der Waals surface area contributed by atoms with Gasteiger partial charge < -0.3 is 9.80 Å². The summed E-state index contributed by atoms with van der Waals surface area (Å²) < 4.78 is 0. The van der Waals surface area contributed by atoms with E-state index in [2.05, 4.69) is 147 Å². The standard InChI is InChI=1S/C30H30N2/c1-31(2)27-19-15-25(16-20-27)30(26-17-21-28(22-18-26)32(3)4)29(23-11-7-5-8-12-23)24-13-9-6-10-14-24/h5-22H,1-4H3. The molecule has 2 nitrogen and oxygen atoms in total. The molecular formula is C30H30N2. The number of hydrogen-bond donors (Lipinski definition) is 0. The van der Waals surface area contributed by atoms with Crippen molar-refractivity contribution in [2.24, 2.45) is 0 Å². The normalized spacial score (nSPS) is 10.5. The maximum atomic E-state index is 2.23. The van der Waals surface area contributed by atoms with E-state index in [1.165, 1.54) is 44.8 Å². The second-order valence-electron chi connectivity index (χ2n) is 8.36. The maximum Gasteiger partial charge on any atom is 0.0361 e. The number of benzene rings is 4. The van der Waals surface area contributed by atoms with Gasteiger partial charge in [0.25, 0.3) is 0 Å². The molecule has 0 aliphatic rings. The molecule has 4 aromatic rings. The van der Waals surface area contributed by atoms with Crippen molar-refractivity contribution in [2.75, 3.05) is 38.0 Å². The highest BCUT2D eigenvalue weighted by atomic mass is 15.1. The van der Waals surface area contributed by atoms with Gasteiger partial charge in [0.15, 0.2) is 0 Å². The summed E-state index contributed by atoms with van der Waals surface area (Å²) in [5.41, 5.74) is 9.68. The van der Waals surface area contributed by atoms with Crippen LogP contribution in [0.2, 0.25) is 0 Å². The molecule has 4 rings (SSSR count). The summed E-state index contributed by atoms with van der Waals surface area (Å²) in [6.07, 6.45) is 0. The first-order valence-corrected chi connectivity index (χ1v) is 11.0. The van der Waals surface area contributed by atoms with Crippen LogP contribution < -0.4 is 9.80 Å². The average molecular weight is 419 g/mol. The van der Waals surface area contributed by atoms with Crippen molar-refractivity contribution in [3.8, 4) is 0 Å². The fraction of sp³-hybridized carbons (Fsp3) is 0.133. The Morgan fingerprint density at radius 1 is 0.375 bits per heavy atom.